The van der Waals surface area contributed by atoms with E-state index in [-0.39, 0.29) is 12.1 Å². The van der Waals surface area contributed by atoms with E-state index in [0.29, 0.717) is 45.2 Å². The average molecular weight is 428 g/mol. The molecule has 0 aliphatic carbocycles. The number of benzene rings is 1. The average Bonchev–Trinajstić information content (AvgIpc) is 3.14. The van der Waals surface area contributed by atoms with Crippen molar-refractivity contribution in [2.45, 2.75) is 31.6 Å². The van der Waals surface area contributed by atoms with Crippen molar-refractivity contribution in [3.8, 4) is 0 Å². The molecule has 6 nitrogen and oxygen atoms in total. The van der Waals surface area contributed by atoms with Crippen molar-refractivity contribution < 1.29 is 17.9 Å². The molecule has 0 saturated carbocycles. The molecular weight excluding hydrogens is 395 g/mol. The molecule has 2 fully saturated rings. The van der Waals surface area contributed by atoms with Gasteiger partial charge in [-0.1, -0.05) is 29.8 Å². The van der Waals surface area contributed by atoms with Crippen LogP contribution in [0.25, 0.3) is 0 Å². The maximum absolute atomic E-state index is 12.6. The van der Waals surface area contributed by atoms with Crippen LogP contribution in [0.1, 0.15) is 23.6 Å². The molecule has 168 valence electrons. The number of nitrogens with one attached hydrogen (secondary N) is 2. The van der Waals surface area contributed by atoms with E-state index in [9.17, 15) is 13.2 Å². The van der Waals surface area contributed by atoms with Gasteiger partial charge in [-0.25, -0.2) is 0 Å². The highest BCUT2D eigenvalue weighted by Gasteiger charge is 2.34. The van der Waals surface area contributed by atoms with Gasteiger partial charge in [-0.2, -0.15) is 13.2 Å². The fraction of sp³-hybridized carbons (Fsp3) is 0.667. The predicted octanol–water partition coefficient (Wildman–Crippen LogP) is 2.17. The van der Waals surface area contributed by atoms with Gasteiger partial charge in [-0.15, -0.1) is 0 Å². The van der Waals surface area contributed by atoms with Crippen LogP contribution in [0.3, 0.4) is 0 Å². The highest BCUT2D eigenvalue weighted by molar-refractivity contribution is 5.80. The van der Waals surface area contributed by atoms with Crippen LogP contribution in [0.4, 0.5) is 13.2 Å². The van der Waals surface area contributed by atoms with Crippen molar-refractivity contribution in [3.05, 3.63) is 35.4 Å². The van der Waals surface area contributed by atoms with E-state index < -0.39 is 12.7 Å². The van der Waals surface area contributed by atoms with E-state index in [1.165, 1.54) is 16.0 Å². The molecule has 3 rings (SSSR count). The molecule has 30 heavy (non-hydrogen) atoms. The van der Waals surface area contributed by atoms with Crippen LogP contribution in [-0.4, -0.2) is 87.5 Å². The summed E-state index contributed by atoms with van der Waals surface area (Å²) in [5.74, 6) is 0.624. The molecule has 0 aromatic heterocycles. The summed E-state index contributed by atoms with van der Waals surface area (Å²) >= 11 is 0. The minimum Gasteiger partial charge on any atom is -0.379 e. The number of alkyl halides is 3. The molecule has 2 N–H and O–H groups in total. The molecule has 0 amide bonds. The van der Waals surface area contributed by atoms with Crippen LogP contribution in [0, 0.1) is 6.92 Å². The van der Waals surface area contributed by atoms with E-state index in [2.05, 4.69) is 51.7 Å². The number of ether oxygens (including phenoxy) is 1. The topological polar surface area (TPSA) is 52.1 Å². The van der Waals surface area contributed by atoms with Gasteiger partial charge in [0.25, 0.3) is 0 Å². The van der Waals surface area contributed by atoms with E-state index in [0.717, 1.165) is 13.1 Å². The largest absolute Gasteiger partial charge is 0.401 e. The van der Waals surface area contributed by atoms with Crippen LogP contribution < -0.4 is 10.6 Å². The monoisotopic (exact) mass is 427 g/mol. The summed E-state index contributed by atoms with van der Waals surface area (Å²) in [5.41, 5.74) is 2.44. The van der Waals surface area contributed by atoms with Crippen molar-refractivity contribution in [1.82, 2.24) is 20.4 Å². The summed E-state index contributed by atoms with van der Waals surface area (Å²) in [6.45, 7) is 5.83. The molecule has 2 heterocycles. The third-order valence-electron chi connectivity index (χ3n) is 5.65. The third kappa shape index (κ3) is 6.85. The molecule has 0 spiro atoms. The molecule has 0 radical (unpaired) electrons. The molecule has 2 aliphatic rings. The van der Waals surface area contributed by atoms with E-state index >= 15 is 0 Å². The summed E-state index contributed by atoms with van der Waals surface area (Å²) in [6.07, 6.45) is -3.49. The fourth-order valence-electron chi connectivity index (χ4n) is 4.06. The number of hydrogen-bond donors (Lipinski definition) is 2. The molecule has 2 aliphatic heterocycles. The van der Waals surface area contributed by atoms with E-state index in [4.69, 9.17) is 4.74 Å². The summed E-state index contributed by atoms with van der Waals surface area (Å²) in [7, 11) is 1.69. The second kappa shape index (κ2) is 10.5. The zero-order valence-electron chi connectivity index (χ0n) is 17.7. The number of likely N-dealkylation sites (tertiary alicyclic amines) is 1. The number of rotatable bonds is 6. The quantitative estimate of drug-likeness (QED) is 0.538. The second-order valence-corrected chi connectivity index (χ2v) is 8.01. The van der Waals surface area contributed by atoms with Gasteiger partial charge in [0.2, 0.25) is 0 Å². The Morgan fingerprint density at radius 3 is 2.53 bits per heavy atom. The normalized spacial score (nSPS) is 22.8. The Hall–Kier alpha value is -1.84. The summed E-state index contributed by atoms with van der Waals surface area (Å²) in [4.78, 5) is 8.12. The first-order chi connectivity index (χ1) is 14.3. The maximum atomic E-state index is 12.6. The Kier molecular flexibility index (Phi) is 7.96. The van der Waals surface area contributed by atoms with Crippen LogP contribution in [0.5, 0.6) is 0 Å². The lowest BCUT2D eigenvalue weighted by Crippen LogP contribution is -2.49. The number of morpholine rings is 1. The molecule has 1 aromatic rings. The Balaban J connectivity index is 1.57. The van der Waals surface area contributed by atoms with Crippen LogP contribution in [0.2, 0.25) is 0 Å². The lowest BCUT2D eigenvalue weighted by atomic mass is 10.0. The van der Waals surface area contributed by atoms with Crippen molar-refractivity contribution in [2.75, 3.05) is 59.5 Å². The SMILES string of the molecule is CN=C(NCC(c1ccc(C)cc1)N1CCOCC1)NC1CCN(CC(F)(F)F)C1. The van der Waals surface area contributed by atoms with Crippen molar-refractivity contribution in [1.29, 1.82) is 0 Å². The highest BCUT2D eigenvalue weighted by atomic mass is 19.4. The number of halogens is 3. The maximum Gasteiger partial charge on any atom is 0.401 e. The Labute approximate surface area is 176 Å². The number of guanidine groups is 1. The van der Waals surface area contributed by atoms with Gasteiger partial charge in [0.1, 0.15) is 0 Å². The third-order valence-corrected chi connectivity index (χ3v) is 5.65. The Morgan fingerprint density at radius 2 is 1.90 bits per heavy atom. The zero-order chi connectivity index (χ0) is 21.6. The summed E-state index contributed by atoms with van der Waals surface area (Å²) in [5, 5.41) is 6.67. The van der Waals surface area contributed by atoms with Gasteiger partial charge in [-0.3, -0.25) is 14.8 Å². The van der Waals surface area contributed by atoms with Gasteiger partial charge in [-0.05, 0) is 18.9 Å². The van der Waals surface area contributed by atoms with Crippen molar-refractivity contribution >= 4 is 5.96 Å². The minimum absolute atomic E-state index is 0.0419. The first-order valence-electron chi connectivity index (χ1n) is 10.5. The van der Waals surface area contributed by atoms with Gasteiger partial charge in [0, 0.05) is 45.8 Å². The van der Waals surface area contributed by atoms with Crippen LogP contribution in [0.15, 0.2) is 29.3 Å². The number of nitrogens with zero attached hydrogens (tertiary/aromatic N) is 3. The van der Waals surface area contributed by atoms with Crippen LogP contribution in [-0.2, 0) is 4.74 Å². The lowest BCUT2D eigenvalue weighted by Gasteiger charge is -2.35. The molecular formula is C21H32F3N5O. The fourth-order valence-corrected chi connectivity index (χ4v) is 4.06. The number of aryl methyl sites for hydroxylation is 1. The van der Waals surface area contributed by atoms with Gasteiger partial charge >= 0.3 is 6.18 Å². The van der Waals surface area contributed by atoms with E-state index in [1.54, 1.807) is 7.05 Å². The molecule has 2 atom stereocenters. The molecule has 1 aromatic carbocycles. The van der Waals surface area contributed by atoms with Gasteiger partial charge in [0.05, 0.1) is 25.8 Å². The molecule has 0 bridgehead atoms. The smallest absolute Gasteiger partial charge is 0.379 e. The first kappa shape index (κ1) is 22.8. The van der Waals surface area contributed by atoms with Crippen molar-refractivity contribution in [2.24, 2.45) is 4.99 Å². The summed E-state index contributed by atoms with van der Waals surface area (Å²) < 4.78 is 43.4. The predicted molar refractivity (Wildman–Crippen MR) is 112 cm³/mol. The lowest BCUT2D eigenvalue weighted by molar-refractivity contribution is -0.143. The van der Waals surface area contributed by atoms with Crippen molar-refractivity contribution in [3.63, 3.8) is 0 Å². The Morgan fingerprint density at radius 1 is 1.20 bits per heavy atom. The highest BCUT2D eigenvalue weighted by Crippen LogP contribution is 2.22. The first-order valence-corrected chi connectivity index (χ1v) is 10.5. The summed E-state index contributed by atoms with van der Waals surface area (Å²) in [6, 6.07) is 8.66. The molecule has 2 saturated heterocycles. The molecule has 9 heteroatoms. The second-order valence-electron chi connectivity index (χ2n) is 8.01. The minimum atomic E-state index is -4.16. The Bertz CT molecular complexity index is 689. The number of aliphatic imine (C=N–C) groups is 1. The van der Waals surface area contributed by atoms with Gasteiger partial charge < -0.3 is 15.4 Å². The van der Waals surface area contributed by atoms with E-state index in [1.807, 2.05) is 0 Å². The standard InChI is InChI=1S/C21H32F3N5O/c1-16-3-5-17(6-4-16)19(29-9-11-30-12-10-29)13-26-20(25-2)27-18-7-8-28(14-18)15-21(22,23)24/h3-6,18-19H,7-15H2,1-2H3,(H2,25,26,27). The molecule has 2 unspecified atom stereocenters. The van der Waals surface area contributed by atoms with Crippen LogP contribution >= 0.6 is 0 Å². The zero-order valence-corrected chi connectivity index (χ0v) is 17.7. The number of hydrogen-bond acceptors (Lipinski definition) is 4. The van der Waals surface area contributed by atoms with Gasteiger partial charge in [0.15, 0.2) is 5.96 Å².